The minimum absolute atomic E-state index is 0.0156. The van der Waals surface area contributed by atoms with E-state index in [4.69, 9.17) is 15.3 Å². The molecular formula is C26H28N6O4S. The molecule has 0 atom stereocenters. The predicted octanol–water partition coefficient (Wildman–Crippen LogP) is 3.63. The Kier molecular flexibility index (Phi) is 8.47. The smallest absolute Gasteiger partial charge is 0.250 e. The van der Waals surface area contributed by atoms with Gasteiger partial charge in [-0.15, -0.1) is 10.2 Å². The number of hydrazone groups is 1. The lowest BCUT2D eigenvalue weighted by molar-refractivity contribution is -0.118. The molecule has 4 N–H and O–H groups in total. The van der Waals surface area contributed by atoms with Crippen LogP contribution in [0.5, 0.6) is 17.2 Å². The quantitative estimate of drug-likeness (QED) is 0.118. The van der Waals surface area contributed by atoms with E-state index in [1.54, 1.807) is 13.2 Å². The van der Waals surface area contributed by atoms with Gasteiger partial charge in [-0.2, -0.15) is 5.10 Å². The minimum atomic E-state index is -0.362. The van der Waals surface area contributed by atoms with E-state index in [1.807, 2.05) is 48.5 Å². The molecule has 0 aliphatic heterocycles. The number of phenolic OH excluding ortho intramolecular Hbond substituents is 1. The van der Waals surface area contributed by atoms with Crippen LogP contribution in [0.1, 0.15) is 30.3 Å². The van der Waals surface area contributed by atoms with Crippen LogP contribution in [-0.2, 0) is 17.8 Å². The zero-order valence-corrected chi connectivity index (χ0v) is 21.4. The monoisotopic (exact) mass is 520 g/mol. The predicted molar refractivity (Wildman–Crippen MR) is 144 cm³/mol. The number of fused-ring (bicyclic) bond motifs is 1. The van der Waals surface area contributed by atoms with Gasteiger partial charge in [-0.3, -0.25) is 4.79 Å². The number of phenols is 1. The van der Waals surface area contributed by atoms with Gasteiger partial charge in [0.2, 0.25) is 5.16 Å². The maximum Gasteiger partial charge on any atom is 0.250 e. The highest BCUT2D eigenvalue weighted by atomic mass is 32.2. The molecule has 4 rings (SSSR count). The van der Waals surface area contributed by atoms with E-state index in [0.717, 1.165) is 35.4 Å². The van der Waals surface area contributed by atoms with E-state index in [1.165, 1.54) is 16.5 Å². The van der Waals surface area contributed by atoms with Crippen molar-refractivity contribution in [2.24, 2.45) is 5.10 Å². The molecule has 1 aromatic heterocycles. The summed E-state index contributed by atoms with van der Waals surface area (Å²) in [4.78, 5) is 12.3. The molecule has 0 saturated carbocycles. The summed E-state index contributed by atoms with van der Waals surface area (Å²) in [5.41, 5.74) is 4.15. The van der Waals surface area contributed by atoms with Crippen molar-refractivity contribution in [2.75, 3.05) is 18.7 Å². The number of hydrogen-bond acceptors (Lipinski definition) is 9. The molecule has 10 nitrogen and oxygen atoms in total. The van der Waals surface area contributed by atoms with Gasteiger partial charge in [0.25, 0.3) is 5.91 Å². The fourth-order valence-electron chi connectivity index (χ4n) is 3.67. The molecule has 0 fully saturated rings. The van der Waals surface area contributed by atoms with E-state index in [9.17, 15) is 9.90 Å². The number of nitrogens with zero attached hydrogens (tertiary/aromatic N) is 4. The Morgan fingerprint density at radius 1 is 1.19 bits per heavy atom. The minimum Gasteiger partial charge on any atom is -0.507 e. The summed E-state index contributed by atoms with van der Waals surface area (Å²) in [6.45, 7) is 2.20. The van der Waals surface area contributed by atoms with Crippen LogP contribution in [0, 0.1) is 0 Å². The highest BCUT2D eigenvalue weighted by Crippen LogP contribution is 2.29. The van der Waals surface area contributed by atoms with Crippen LogP contribution in [0.2, 0.25) is 0 Å². The number of benzene rings is 3. The topological polar surface area (TPSA) is 137 Å². The number of nitrogens with one attached hydrogen (secondary N) is 1. The van der Waals surface area contributed by atoms with Crippen molar-refractivity contribution in [3.05, 3.63) is 71.5 Å². The first kappa shape index (κ1) is 25.8. The van der Waals surface area contributed by atoms with E-state index in [2.05, 4.69) is 27.6 Å². The zero-order chi connectivity index (χ0) is 26.2. The number of aromatic nitrogens is 3. The number of ether oxygens (including phenoxy) is 2. The van der Waals surface area contributed by atoms with Crippen molar-refractivity contribution < 1.29 is 19.4 Å². The largest absolute Gasteiger partial charge is 0.507 e. The summed E-state index contributed by atoms with van der Waals surface area (Å²) in [6, 6.07) is 16.8. The molecule has 11 heteroatoms. The average Bonchev–Trinajstić information content (AvgIpc) is 3.27. The van der Waals surface area contributed by atoms with Gasteiger partial charge in [0, 0.05) is 5.56 Å². The summed E-state index contributed by atoms with van der Waals surface area (Å²) in [5, 5.41) is 24.4. The van der Waals surface area contributed by atoms with Crippen LogP contribution in [0.4, 0.5) is 0 Å². The highest BCUT2D eigenvalue weighted by Gasteiger charge is 2.14. The standard InChI is InChI=1S/C26H28N6O4S/c1-3-6-17-9-12-22(23(13-17)35-2)36-15-24-29-31-26(32(24)27)37-16-25(34)30-28-14-20-19-8-5-4-7-18(19)10-11-21(20)33/h4-5,7-14,33H,3,6,15-16,27H2,1-2H3,(H,30,34)/b28-14+. The van der Waals surface area contributed by atoms with Gasteiger partial charge < -0.3 is 20.4 Å². The van der Waals surface area contributed by atoms with Crippen LogP contribution >= 0.6 is 11.8 Å². The van der Waals surface area contributed by atoms with Gasteiger partial charge in [-0.1, -0.05) is 61.5 Å². The third-order valence-electron chi connectivity index (χ3n) is 5.52. The number of rotatable bonds is 11. The van der Waals surface area contributed by atoms with Gasteiger partial charge in [0.15, 0.2) is 17.3 Å². The molecule has 4 aromatic rings. The summed E-state index contributed by atoms with van der Waals surface area (Å²) in [6.07, 6.45) is 3.42. The van der Waals surface area contributed by atoms with Crippen LogP contribution in [0.3, 0.4) is 0 Å². The molecule has 37 heavy (non-hydrogen) atoms. The Morgan fingerprint density at radius 2 is 2.03 bits per heavy atom. The zero-order valence-electron chi connectivity index (χ0n) is 20.5. The maximum absolute atomic E-state index is 12.3. The molecule has 0 aliphatic rings. The number of nitrogen functional groups attached to an aromatic ring is 1. The second-order valence-corrected chi connectivity index (χ2v) is 9.04. The first-order chi connectivity index (χ1) is 18.0. The number of hydrogen-bond donors (Lipinski definition) is 3. The third kappa shape index (κ3) is 6.31. The molecular weight excluding hydrogens is 492 g/mol. The lowest BCUT2D eigenvalue weighted by Gasteiger charge is -2.12. The van der Waals surface area contributed by atoms with E-state index in [-0.39, 0.29) is 24.0 Å². The molecule has 192 valence electrons. The Labute approximate surface area is 218 Å². The number of methoxy groups -OCH3 is 1. The van der Waals surface area contributed by atoms with Gasteiger partial charge in [0.1, 0.15) is 12.4 Å². The lowest BCUT2D eigenvalue weighted by Crippen LogP contribution is -2.21. The summed E-state index contributed by atoms with van der Waals surface area (Å²) >= 11 is 1.11. The fraction of sp³-hybridized carbons (Fsp3) is 0.231. The summed E-state index contributed by atoms with van der Waals surface area (Å²) in [7, 11) is 1.60. The Balaban J connectivity index is 1.31. The Morgan fingerprint density at radius 3 is 2.84 bits per heavy atom. The fourth-order valence-corrected chi connectivity index (χ4v) is 4.34. The summed E-state index contributed by atoms with van der Waals surface area (Å²) < 4.78 is 12.6. The van der Waals surface area contributed by atoms with Gasteiger partial charge in [-0.25, -0.2) is 10.1 Å². The van der Waals surface area contributed by atoms with Crippen molar-refractivity contribution in [3.63, 3.8) is 0 Å². The SMILES string of the molecule is CCCc1ccc(OCc2nnc(SCC(=O)N/N=C/c3c(O)ccc4ccccc34)n2N)c(OC)c1. The molecule has 0 unspecified atom stereocenters. The van der Waals surface area contributed by atoms with Crippen molar-refractivity contribution in [3.8, 4) is 17.2 Å². The maximum atomic E-state index is 12.3. The summed E-state index contributed by atoms with van der Waals surface area (Å²) in [5.74, 6) is 7.44. The number of aryl methyl sites for hydroxylation is 1. The van der Waals surface area contributed by atoms with Crippen molar-refractivity contribution >= 4 is 34.7 Å². The van der Waals surface area contributed by atoms with E-state index in [0.29, 0.717) is 28.0 Å². The number of amides is 1. The molecule has 1 amide bonds. The van der Waals surface area contributed by atoms with Crippen LogP contribution in [0.25, 0.3) is 10.8 Å². The molecule has 0 saturated heterocycles. The molecule has 0 radical (unpaired) electrons. The van der Waals surface area contributed by atoms with Crippen molar-refractivity contribution in [2.45, 2.75) is 31.5 Å². The number of thioether (sulfide) groups is 1. The van der Waals surface area contributed by atoms with Crippen molar-refractivity contribution in [1.82, 2.24) is 20.3 Å². The van der Waals surface area contributed by atoms with Gasteiger partial charge in [0.05, 0.1) is 19.1 Å². The highest BCUT2D eigenvalue weighted by molar-refractivity contribution is 7.99. The molecule has 0 spiro atoms. The van der Waals surface area contributed by atoms with Crippen molar-refractivity contribution in [1.29, 1.82) is 0 Å². The number of carbonyl (C=O) groups is 1. The van der Waals surface area contributed by atoms with Gasteiger partial charge >= 0.3 is 0 Å². The van der Waals surface area contributed by atoms with Crippen LogP contribution in [-0.4, -0.2) is 45.0 Å². The van der Waals surface area contributed by atoms with Crippen LogP contribution < -0.4 is 20.7 Å². The average molecular weight is 521 g/mol. The third-order valence-corrected chi connectivity index (χ3v) is 6.46. The molecule has 0 bridgehead atoms. The molecule has 0 aliphatic carbocycles. The van der Waals surface area contributed by atoms with E-state index >= 15 is 0 Å². The molecule has 1 heterocycles. The second kappa shape index (κ2) is 12.1. The number of carbonyl (C=O) groups excluding carboxylic acids is 1. The first-order valence-corrected chi connectivity index (χ1v) is 12.6. The van der Waals surface area contributed by atoms with Crippen LogP contribution in [0.15, 0.2) is 64.9 Å². The molecule has 3 aromatic carbocycles. The second-order valence-electron chi connectivity index (χ2n) is 8.09. The number of nitrogens with two attached hydrogens (primary N) is 1. The lowest BCUT2D eigenvalue weighted by atomic mass is 10.0. The van der Waals surface area contributed by atoms with E-state index < -0.39 is 0 Å². The normalized spacial score (nSPS) is 11.2. The first-order valence-electron chi connectivity index (χ1n) is 11.6. The Hall–Kier alpha value is -4.25. The Bertz CT molecular complexity index is 1420. The van der Waals surface area contributed by atoms with Gasteiger partial charge in [-0.05, 0) is 41.0 Å². The number of aromatic hydroxyl groups is 1.